The van der Waals surface area contributed by atoms with Crippen molar-refractivity contribution in [2.24, 2.45) is 17.8 Å². The molecule has 5 heteroatoms. The fraction of sp³-hybridized carbons (Fsp3) is 0.905. The van der Waals surface area contributed by atoms with Gasteiger partial charge in [-0.2, -0.15) is 0 Å². The summed E-state index contributed by atoms with van der Waals surface area (Å²) < 4.78 is 0. The number of hydrogen-bond acceptors (Lipinski definition) is 3. The Morgan fingerprint density at radius 3 is 2.15 bits per heavy atom. The number of nitrogens with zero attached hydrogens (tertiary/aromatic N) is 2. The van der Waals surface area contributed by atoms with E-state index in [1.54, 1.807) is 0 Å². The normalized spacial score (nSPS) is 23.9. The van der Waals surface area contributed by atoms with Gasteiger partial charge in [-0.3, -0.25) is 14.5 Å². The van der Waals surface area contributed by atoms with Gasteiger partial charge in [-0.05, 0) is 43.9 Å². The molecule has 1 unspecified atom stereocenters. The van der Waals surface area contributed by atoms with Gasteiger partial charge in [0.2, 0.25) is 11.8 Å². The molecule has 1 aliphatic heterocycles. The molecule has 1 atom stereocenters. The van der Waals surface area contributed by atoms with E-state index in [2.05, 4.69) is 24.1 Å². The molecule has 148 valence electrons. The first-order valence-electron chi connectivity index (χ1n) is 10.9. The van der Waals surface area contributed by atoms with Gasteiger partial charge in [-0.1, -0.05) is 33.1 Å². The third-order valence-electron chi connectivity index (χ3n) is 6.61. The Hall–Kier alpha value is -1.10. The molecule has 0 spiro atoms. The van der Waals surface area contributed by atoms with Crippen LogP contribution in [0.1, 0.15) is 65.2 Å². The first kappa shape index (κ1) is 19.7. The Bertz CT molecular complexity index is 476. The fourth-order valence-electron chi connectivity index (χ4n) is 4.67. The van der Waals surface area contributed by atoms with E-state index in [1.165, 1.54) is 32.1 Å². The summed E-state index contributed by atoms with van der Waals surface area (Å²) in [6.45, 7) is 8.43. The summed E-state index contributed by atoms with van der Waals surface area (Å²) in [6.07, 6.45) is 9.22. The molecule has 0 aromatic carbocycles. The van der Waals surface area contributed by atoms with Crippen LogP contribution >= 0.6 is 0 Å². The zero-order valence-electron chi connectivity index (χ0n) is 16.7. The second-order valence-corrected chi connectivity index (χ2v) is 8.95. The van der Waals surface area contributed by atoms with Crippen molar-refractivity contribution < 1.29 is 9.59 Å². The zero-order chi connectivity index (χ0) is 18.5. The summed E-state index contributed by atoms with van der Waals surface area (Å²) in [4.78, 5) is 29.8. The maximum atomic E-state index is 13.0. The third kappa shape index (κ3) is 4.79. The van der Waals surface area contributed by atoms with Gasteiger partial charge in [0.05, 0.1) is 6.04 Å². The molecule has 1 saturated heterocycles. The van der Waals surface area contributed by atoms with Crippen LogP contribution < -0.4 is 5.32 Å². The Labute approximate surface area is 158 Å². The van der Waals surface area contributed by atoms with Crippen molar-refractivity contribution in [3.8, 4) is 0 Å². The number of carbonyl (C=O) groups is 2. The number of rotatable bonds is 7. The molecule has 0 bridgehead atoms. The largest absolute Gasteiger partial charge is 0.355 e. The maximum Gasteiger partial charge on any atom is 0.237 e. The summed E-state index contributed by atoms with van der Waals surface area (Å²) >= 11 is 0. The van der Waals surface area contributed by atoms with E-state index in [4.69, 9.17) is 0 Å². The maximum absolute atomic E-state index is 13.0. The number of piperazine rings is 1. The lowest BCUT2D eigenvalue weighted by molar-refractivity contribution is -0.141. The number of hydrogen-bond donors (Lipinski definition) is 1. The molecule has 3 rings (SSSR count). The summed E-state index contributed by atoms with van der Waals surface area (Å²) in [5, 5.41) is 3.20. The standard InChI is InChI=1S/C21H37N3O2/c1-16(2)10-11-22-20(25)19(17-6-3-4-7-17)23-12-14-24(15-13-23)21(26)18-8-5-9-18/h16-19H,3-15H2,1-2H3,(H,22,25). The average molecular weight is 364 g/mol. The minimum absolute atomic E-state index is 0.00520. The van der Waals surface area contributed by atoms with Gasteiger partial charge >= 0.3 is 0 Å². The van der Waals surface area contributed by atoms with Crippen molar-refractivity contribution in [3.05, 3.63) is 0 Å². The zero-order valence-corrected chi connectivity index (χ0v) is 16.7. The van der Waals surface area contributed by atoms with Crippen molar-refractivity contribution in [2.45, 2.75) is 71.3 Å². The second kappa shape index (κ2) is 9.20. The lowest BCUT2D eigenvalue weighted by Gasteiger charge is -2.42. The quantitative estimate of drug-likeness (QED) is 0.756. The van der Waals surface area contributed by atoms with E-state index in [1.807, 2.05) is 4.90 Å². The molecule has 0 radical (unpaired) electrons. The molecule has 2 aliphatic carbocycles. The molecule has 5 nitrogen and oxygen atoms in total. The van der Waals surface area contributed by atoms with E-state index in [9.17, 15) is 9.59 Å². The minimum atomic E-state index is 0.00520. The minimum Gasteiger partial charge on any atom is -0.355 e. The van der Waals surface area contributed by atoms with Gasteiger partial charge in [0.15, 0.2) is 0 Å². The second-order valence-electron chi connectivity index (χ2n) is 8.95. The molecule has 3 fully saturated rings. The van der Waals surface area contributed by atoms with E-state index < -0.39 is 0 Å². The van der Waals surface area contributed by atoms with Crippen molar-refractivity contribution in [3.63, 3.8) is 0 Å². The Balaban J connectivity index is 1.55. The monoisotopic (exact) mass is 363 g/mol. The van der Waals surface area contributed by atoms with Crippen LogP contribution in [0.3, 0.4) is 0 Å². The molecular formula is C21H37N3O2. The molecule has 0 aromatic rings. The lowest BCUT2D eigenvalue weighted by atomic mass is 9.84. The average Bonchev–Trinajstić information content (AvgIpc) is 3.08. The third-order valence-corrected chi connectivity index (χ3v) is 6.61. The van der Waals surface area contributed by atoms with Gasteiger partial charge in [0.1, 0.15) is 0 Å². The molecule has 2 saturated carbocycles. The SMILES string of the molecule is CC(C)CCNC(=O)C(C1CCCC1)N1CCN(C(=O)C2CCC2)CC1. The van der Waals surface area contributed by atoms with E-state index in [0.29, 0.717) is 17.7 Å². The van der Waals surface area contributed by atoms with Crippen molar-refractivity contribution in [2.75, 3.05) is 32.7 Å². The van der Waals surface area contributed by atoms with Gasteiger partial charge in [-0.25, -0.2) is 0 Å². The van der Waals surface area contributed by atoms with Crippen LogP contribution in [0.25, 0.3) is 0 Å². The first-order chi connectivity index (χ1) is 12.6. The molecule has 1 N–H and O–H groups in total. The smallest absolute Gasteiger partial charge is 0.237 e. The van der Waals surface area contributed by atoms with E-state index in [0.717, 1.165) is 52.0 Å². The fourth-order valence-corrected chi connectivity index (χ4v) is 4.67. The Morgan fingerprint density at radius 1 is 0.962 bits per heavy atom. The van der Waals surface area contributed by atoms with Crippen LogP contribution in [0.15, 0.2) is 0 Å². The number of carbonyl (C=O) groups excluding carboxylic acids is 2. The van der Waals surface area contributed by atoms with Gasteiger partial charge in [0, 0.05) is 38.6 Å². The number of amides is 2. The van der Waals surface area contributed by atoms with Crippen molar-refractivity contribution in [1.82, 2.24) is 15.1 Å². The summed E-state index contributed by atoms with van der Waals surface area (Å²) in [7, 11) is 0. The molecule has 2 amide bonds. The highest BCUT2D eigenvalue weighted by molar-refractivity contribution is 5.82. The number of nitrogens with one attached hydrogen (secondary N) is 1. The Morgan fingerprint density at radius 2 is 1.62 bits per heavy atom. The topological polar surface area (TPSA) is 52.7 Å². The molecular weight excluding hydrogens is 326 g/mol. The Kier molecular flexibility index (Phi) is 6.96. The van der Waals surface area contributed by atoms with Crippen LogP contribution in [0.2, 0.25) is 0 Å². The summed E-state index contributed by atoms with van der Waals surface area (Å²) in [5.74, 6) is 1.96. The summed E-state index contributed by atoms with van der Waals surface area (Å²) in [6, 6.07) is 0.00520. The van der Waals surface area contributed by atoms with Crippen molar-refractivity contribution >= 4 is 11.8 Å². The highest BCUT2D eigenvalue weighted by Crippen LogP contribution is 2.32. The highest BCUT2D eigenvalue weighted by Gasteiger charge is 2.38. The first-order valence-corrected chi connectivity index (χ1v) is 10.9. The van der Waals surface area contributed by atoms with Gasteiger partial charge < -0.3 is 10.2 Å². The predicted octanol–water partition coefficient (Wildman–Crippen LogP) is 2.65. The van der Waals surface area contributed by atoms with Crippen LogP contribution in [0.4, 0.5) is 0 Å². The van der Waals surface area contributed by atoms with Gasteiger partial charge in [-0.15, -0.1) is 0 Å². The van der Waals surface area contributed by atoms with Crippen LogP contribution in [0.5, 0.6) is 0 Å². The predicted molar refractivity (Wildman–Crippen MR) is 104 cm³/mol. The molecule has 3 aliphatic rings. The van der Waals surface area contributed by atoms with E-state index >= 15 is 0 Å². The van der Waals surface area contributed by atoms with Crippen LogP contribution in [-0.4, -0.2) is 60.4 Å². The van der Waals surface area contributed by atoms with E-state index in [-0.39, 0.29) is 17.9 Å². The molecule has 1 heterocycles. The van der Waals surface area contributed by atoms with Crippen LogP contribution in [-0.2, 0) is 9.59 Å². The summed E-state index contributed by atoms with van der Waals surface area (Å²) in [5.41, 5.74) is 0. The van der Waals surface area contributed by atoms with Crippen LogP contribution in [0, 0.1) is 17.8 Å². The molecule has 26 heavy (non-hydrogen) atoms. The van der Waals surface area contributed by atoms with Gasteiger partial charge in [0.25, 0.3) is 0 Å². The van der Waals surface area contributed by atoms with Crippen molar-refractivity contribution in [1.29, 1.82) is 0 Å². The lowest BCUT2D eigenvalue weighted by Crippen LogP contribution is -2.58. The highest BCUT2D eigenvalue weighted by atomic mass is 16.2. The molecule has 0 aromatic heterocycles.